The molecule has 4 saturated heterocycles. The number of halogens is 2. The summed E-state index contributed by atoms with van der Waals surface area (Å²) in [6.45, 7) is 13.6. The lowest BCUT2D eigenvalue weighted by Gasteiger charge is -2.36. The molecule has 2 N–H and O–H groups in total. The molecule has 4 aromatic carbocycles. The fourth-order valence-electron chi connectivity index (χ4n) is 11.2. The number of anilines is 2. The molecule has 0 bridgehead atoms. The van der Waals surface area contributed by atoms with E-state index in [9.17, 15) is 9.59 Å². The first kappa shape index (κ1) is 48.0. The zero-order chi connectivity index (χ0) is 49.6. The molecule has 2 amide bonds. The highest BCUT2D eigenvalue weighted by molar-refractivity contribution is 5.70. The quantitative estimate of drug-likeness (QED) is 0.147. The van der Waals surface area contributed by atoms with E-state index < -0.39 is 22.8 Å². The molecule has 10 rings (SSSR count). The van der Waals surface area contributed by atoms with Crippen LogP contribution in [-0.2, 0) is 9.47 Å². The average Bonchev–Trinajstić information content (AvgIpc) is 4.20. The van der Waals surface area contributed by atoms with Gasteiger partial charge in [-0.05, 0) is 139 Å². The van der Waals surface area contributed by atoms with E-state index in [1.807, 2.05) is 77.0 Å². The number of nitrogens with one attached hydrogen (secondary N) is 2. The van der Waals surface area contributed by atoms with Crippen LogP contribution < -0.4 is 9.80 Å². The number of piperidine rings is 1. The highest BCUT2D eigenvalue weighted by Crippen LogP contribution is 2.49. The van der Waals surface area contributed by atoms with Crippen LogP contribution in [0.4, 0.5) is 29.7 Å². The number of amides is 2. The van der Waals surface area contributed by atoms with Gasteiger partial charge in [-0.2, -0.15) is 0 Å². The number of hydrogen-bond donors (Lipinski definition) is 2. The van der Waals surface area contributed by atoms with Crippen LogP contribution in [-0.4, -0.2) is 79.3 Å². The Morgan fingerprint density at radius 1 is 0.563 bits per heavy atom. The number of imidazole rings is 2. The zero-order valence-corrected chi connectivity index (χ0v) is 41.8. The number of nitrogens with zero attached hydrogens (tertiary/aromatic N) is 6. The molecule has 14 heteroatoms. The van der Waals surface area contributed by atoms with Crippen LogP contribution in [0.15, 0.2) is 103 Å². The predicted octanol–water partition coefficient (Wildman–Crippen LogP) is 13.4. The Morgan fingerprint density at radius 2 is 1.01 bits per heavy atom. The number of ether oxygens (including phenoxy) is 2. The lowest BCUT2D eigenvalue weighted by molar-refractivity contribution is 0.0208. The van der Waals surface area contributed by atoms with Crippen molar-refractivity contribution in [2.75, 3.05) is 36.0 Å². The smallest absolute Gasteiger partial charge is 0.410 e. The number of hydrogen-bond acceptors (Lipinski definition) is 8. The highest BCUT2D eigenvalue weighted by Gasteiger charge is 2.39. The Bertz CT molecular complexity index is 2670. The number of carbonyl (C=O) groups is 2. The number of benzene rings is 4. The van der Waals surface area contributed by atoms with Crippen molar-refractivity contribution in [3.63, 3.8) is 0 Å². The van der Waals surface area contributed by atoms with Crippen LogP contribution in [0.25, 0.3) is 22.5 Å². The van der Waals surface area contributed by atoms with Gasteiger partial charge in [0, 0.05) is 31.9 Å². The van der Waals surface area contributed by atoms with E-state index in [-0.39, 0.29) is 42.0 Å². The molecule has 372 valence electrons. The van der Waals surface area contributed by atoms with E-state index in [2.05, 4.69) is 75.5 Å². The van der Waals surface area contributed by atoms with Crippen molar-refractivity contribution in [1.82, 2.24) is 29.7 Å². The number of rotatable bonds is 9. The number of aromatic nitrogens is 4. The van der Waals surface area contributed by atoms with Gasteiger partial charge in [0.1, 0.15) is 28.5 Å². The first-order chi connectivity index (χ1) is 34.1. The summed E-state index contributed by atoms with van der Waals surface area (Å²) in [7, 11) is 0. The minimum atomic E-state index is -0.594. The van der Waals surface area contributed by atoms with E-state index in [4.69, 9.17) is 19.4 Å². The lowest BCUT2D eigenvalue weighted by atomic mass is 9.89. The van der Waals surface area contributed by atoms with E-state index >= 15 is 8.78 Å². The van der Waals surface area contributed by atoms with Crippen LogP contribution in [0.5, 0.6) is 0 Å². The number of aromatic amines is 2. The molecule has 4 unspecified atom stereocenters. The molecule has 4 fully saturated rings. The minimum Gasteiger partial charge on any atom is -0.444 e. The van der Waals surface area contributed by atoms with E-state index in [1.165, 1.54) is 17.7 Å². The molecule has 0 radical (unpaired) electrons. The maximum absolute atomic E-state index is 16.6. The summed E-state index contributed by atoms with van der Waals surface area (Å²) in [5, 5.41) is 0. The number of carbonyl (C=O) groups excluding carboxylic acids is 2. The van der Waals surface area contributed by atoms with E-state index in [1.54, 1.807) is 9.80 Å². The van der Waals surface area contributed by atoms with Crippen LogP contribution in [0.1, 0.15) is 151 Å². The largest absolute Gasteiger partial charge is 0.444 e. The first-order valence-electron chi connectivity index (χ1n) is 25.4. The number of likely N-dealkylation sites (tertiary alicyclic amines) is 2. The number of H-pyrrole nitrogens is 2. The molecule has 6 aromatic rings. The van der Waals surface area contributed by atoms with E-state index in [0.717, 1.165) is 96.7 Å². The van der Waals surface area contributed by atoms with Gasteiger partial charge >= 0.3 is 12.2 Å². The Labute approximate surface area is 415 Å². The maximum Gasteiger partial charge on any atom is 0.410 e. The monoisotopic (exact) mass is 965 g/mol. The summed E-state index contributed by atoms with van der Waals surface area (Å²) in [6, 6.07) is 29.4. The molecule has 12 nitrogen and oxygen atoms in total. The van der Waals surface area contributed by atoms with Crippen LogP contribution in [0, 0.1) is 11.6 Å². The third-order valence-corrected chi connectivity index (χ3v) is 14.6. The van der Waals surface area contributed by atoms with Gasteiger partial charge in [0.2, 0.25) is 0 Å². The van der Waals surface area contributed by atoms with Gasteiger partial charge in [-0.15, -0.1) is 0 Å². The van der Waals surface area contributed by atoms with Gasteiger partial charge in [-0.25, -0.2) is 28.3 Å². The zero-order valence-electron chi connectivity index (χ0n) is 41.8. The minimum absolute atomic E-state index is 0.0396. The summed E-state index contributed by atoms with van der Waals surface area (Å²) >= 11 is 0. The third-order valence-electron chi connectivity index (χ3n) is 14.6. The second-order valence-electron chi connectivity index (χ2n) is 21.7. The molecule has 2 aromatic heterocycles. The van der Waals surface area contributed by atoms with Crippen molar-refractivity contribution in [1.29, 1.82) is 0 Å². The molecule has 0 spiro atoms. The molecule has 0 saturated carbocycles. The Balaban J connectivity index is 0.910. The van der Waals surface area contributed by atoms with E-state index in [0.29, 0.717) is 37.8 Å². The van der Waals surface area contributed by atoms with Crippen molar-refractivity contribution in [2.45, 2.75) is 134 Å². The second-order valence-corrected chi connectivity index (χ2v) is 21.7. The summed E-state index contributed by atoms with van der Waals surface area (Å²) < 4.78 is 44.7. The van der Waals surface area contributed by atoms with Crippen molar-refractivity contribution >= 4 is 23.6 Å². The highest BCUT2D eigenvalue weighted by atomic mass is 19.1. The average molecular weight is 965 g/mol. The molecule has 6 heterocycles. The van der Waals surface area contributed by atoms with Crippen molar-refractivity contribution in [3.05, 3.63) is 143 Å². The standard InChI is InChI=1S/C57H66F2N8O4/c1-56(2,3)70-54(68)65-28-10-14-49(65)52-60-34-45(62-52)38-16-20-40(21-17-38)47-24-25-48(67(47)42-32-43(58)51(44(59)33-42)64-30-26-37(27-31-64)36-12-8-7-9-13-36)41-22-18-39(19-23-41)46-35-61-53(63-46)50-15-11-29-66(50)55(69)71-57(4,5)6/h7-9,12-13,16-23,32-35,37,47-50H,10-11,14-15,24-31H2,1-6H3,(H,60,62)(H,61,63). The second kappa shape index (κ2) is 19.5. The van der Waals surface area contributed by atoms with Gasteiger partial charge in [0.25, 0.3) is 0 Å². The van der Waals surface area contributed by atoms with Gasteiger partial charge in [0.05, 0.1) is 47.9 Å². The molecule has 0 aliphatic carbocycles. The SMILES string of the molecule is CC(C)(C)OC(=O)N1CCCC1c1ncc(-c2ccc(C3CCC(c4ccc(-c5cnc(C6CCCN6C(=O)OC(C)(C)C)[nH]5)cc4)N3c3cc(F)c(N4CCC(c5ccccc5)CC4)c(F)c3)cc2)[nH]1. The van der Waals surface area contributed by atoms with Crippen LogP contribution in [0.2, 0.25) is 0 Å². The summed E-state index contributed by atoms with van der Waals surface area (Å²) in [5.41, 5.74) is 6.24. The fraction of sp³-hybridized carbons (Fsp3) is 0.439. The molecule has 4 aliphatic rings. The van der Waals surface area contributed by atoms with Crippen molar-refractivity contribution < 1.29 is 27.8 Å². The molecule has 71 heavy (non-hydrogen) atoms. The molecule has 4 aliphatic heterocycles. The predicted molar refractivity (Wildman–Crippen MR) is 272 cm³/mol. The lowest BCUT2D eigenvalue weighted by Crippen LogP contribution is -2.36. The third kappa shape index (κ3) is 10.3. The Kier molecular flexibility index (Phi) is 13.2. The van der Waals surface area contributed by atoms with Gasteiger partial charge in [-0.3, -0.25) is 9.80 Å². The Morgan fingerprint density at radius 3 is 1.45 bits per heavy atom. The maximum atomic E-state index is 16.6. The van der Waals surface area contributed by atoms with Gasteiger partial charge in [0.15, 0.2) is 11.6 Å². The first-order valence-corrected chi connectivity index (χ1v) is 25.4. The fourth-order valence-corrected chi connectivity index (χ4v) is 11.2. The Hall–Kier alpha value is -6.70. The van der Waals surface area contributed by atoms with Gasteiger partial charge < -0.3 is 29.2 Å². The summed E-state index contributed by atoms with van der Waals surface area (Å²) in [5.74, 6) is 0.693. The van der Waals surface area contributed by atoms with Crippen molar-refractivity contribution in [3.8, 4) is 22.5 Å². The summed E-state index contributed by atoms with van der Waals surface area (Å²) in [6.07, 6.45) is 9.44. The van der Waals surface area contributed by atoms with Gasteiger partial charge in [-0.1, -0.05) is 78.9 Å². The summed E-state index contributed by atoms with van der Waals surface area (Å²) in [4.78, 5) is 50.2. The molecular formula is C57H66F2N8O4. The van der Waals surface area contributed by atoms with Crippen molar-refractivity contribution in [2.24, 2.45) is 0 Å². The molecular weight excluding hydrogens is 899 g/mol. The topological polar surface area (TPSA) is 123 Å². The van der Waals surface area contributed by atoms with Crippen LogP contribution in [0.3, 0.4) is 0 Å². The normalized spacial score (nSPS) is 21.1. The molecule has 4 atom stereocenters. The van der Waals surface area contributed by atoms with Crippen LogP contribution >= 0.6 is 0 Å².